The molecular weight excluding hydrogens is 498 g/mol. The molecule has 33 heavy (non-hydrogen) atoms. The molecule has 0 N–H and O–H groups in total. The number of Topliss-reactive ketones (excluding diaryl/α,β-unsaturated/α-hetero) is 3. The van der Waals surface area contributed by atoms with E-state index in [9.17, 15) is 14.4 Å². The second-order valence-electron chi connectivity index (χ2n) is 8.98. The standard InChI is InChI=1S/C27H20BrNO3S/c1-29-14-21(16-10-12-17(28)13-11-16)26(15-33-22-9-5-4-8-20(22)23(26)30)27(29)24(31)18-6-2-3-7-19(18)25(27)32/h2-13,21H,14-15H2,1H3/t21-,26+/m0/s1. The predicted octanol–water partition coefficient (Wildman–Crippen LogP) is 5.27. The van der Waals surface area contributed by atoms with Crippen LogP contribution in [0.5, 0.6) is 0 Å². The summed E-state index contributed by atoms with van der Waals surface area (Å²) in [4.78, 5) is 45.6. The second kappa shape index (κ2) is 7.23. The lowest BCUT2D eigenvalue weighted by Gasteiger charge is -2.46. The van der Waals surface area contributed by atoms with Crippen LogP contribution < -0.4 is 0 Å². The van der Waals surface area contributed by atoms with Gasteiger partial charge >= 0.3 is 0 Å². The summed E-state index contributed by atoms with van der Waals surface area (Å²) in [6.07, 6.45) is 0. The van der Waals surface area contributed by atoms with E-state index in [0.717, 1.165) is 14.9 Å². The Labute approximate surface area is 204 Å². The highest BCUT2D eigenvalue weighted by molar-refractivity contribution is 9.10. The molecule has 1 fully saturated rings. The summed E-state index contributed by atoms with van der Waals surface area (Å²) in [6.45, 7) is 0.446. The molecule has 0 amide bonds. The van der Waals surface area contributed by atoms with Crippen molar-refractivity contribution in [3.05, 3.63) is 99.5 Å². The Morgan fingerprint density at radius 3 is 2.03 bits per heavy atom. The van der Waals surface area contributed by atoms with Gasteiger partial charge in [-0.25, -0.2) is 0 Å². The summed E-state index contributed by atoms with van der Waals surface area (Å²) in [7, 11) is 1.82. The third kappa shape index (κ3) is 2.49. The average molecular weight is 518 g/mol. The van der Waals surface area contributed by atoms with Crippen molar-refractivity contribution >= 4 is 45.0 Å². The molecular formula is C27H20BrNO3S. The number of likely N-dealkylation sites (N-methyl/N-ethyl adjacent to an activating group) is 1. The number of rotatable bonds is 1. The highest BCUT2D eigenvalue weighted by atomic mass is 79.9. The molecule has 2 atom stereocenters. The molecule has 3 aromatic rings. The molecule has 6 rings (SSSR count). The first-order chi connectivity index (χ1) is 15.9. The van der Waals surface area contributed by atoms with Gasteiger partial charge in [0.1, 0.15) is 0 Å². The van der Waals surface area contributed by atoms with E-state index >= 15 is 0 Å². The quantitative estimate of drug-likeness (QED) is 0.411. The van der Waals surface area contributed by atoms with E-state index < -0.39 is 11.0 Å². The molecule has 3 aromatic carbocycles. The summed E-state index contributed by atoms with van der Waals surface area (Å²) < 4.78 is 0.941. The summed E-state index contributed by atoms with van der Waals surface area (Å²) in [5.74, 6) is -0.536. The van der Waals surface area contributed by atoms with E-state index in [1.807, 2.05) is 60.5 Å². The van der Waals surface area contributed by atoms with Crippen LogP contribution in [0.15, 0.2) is 82.2 Å². The zero-order valence-electron chi connectivity index (χ0n) is 17.9. The average Bonchev–Trinajstić information content (AvgIpc) is 3.23. The van der Waals surface area contributed by atoms with Gasteiger partial charge in [0.25, 0.3) is 0 Å². The Kier molecular flexibility index (Phi) is 4.60. The van der Waals surface area contributed by atoms with Crippen LogP contribution in [0.3, 0.4) is 0 Å². The van der Waals surface area contributed by atoms with Gasteiger partial charge in [-0.15, -0.1) is 11.8 Å². The minimum absolute atomic E-state index is 0.108. The fourth-order valence-corrected chi connectivity index (χ4v) is 7.85. The summed E-state index contributed by atoms with van der Waals surface area (Å²) in [6, 6.07) is 22.4. The first-order valence-electron chi connectivity index (χ1n) is 10.8. The normalized spacial score (nSPS) is 25.6. The van der Waals surface area contributed by atoms with E-state index in [1.54, 1.807) is 36.0 Å². The number of likely N-dealkylation sites (tertiary alicyclic amines) is 1. The van der Waals surface area contributed by atoms with Gasteiger partial charge in [-0.05, 0) is 30.8 Å². The molecule has 2 heterocycles. The first kappa shape index (κ1) is 21.0. The van der Waals surface area contributed by atoms with Crippen LogP contribution in [-0.2, 0) is 0 Å². The van der Waals surface area contributed by atoms with Crippen molar-refractivity contribution in [2.24, 2.45) is 5.41 Å². The minimum atomic E-state index is -1.55. The number of carbonyl (C=O) groups excluding carboxylic acids is 3. The molecule has 3 aliphatic rings. The van der Waals surface area contributed by atoms with Crippen molar-refractivity contribution < 1.29 is 14.4 Å². The van der Waals surface area contributed by atoms with Gasteiger partial charge in [0.15, 0.2) is 22.9 Å². The fourth-order valence-electron chi connectivity index (χ4n) is 6.17. The van der Waals surface area contributed by atoms with Crippen molar-refractivity contribution in [2.45, 2.75) is 16.4 Å². The molecule has 2 spiro atoms. The molecule has 4 nitrogen and oxygen atoms in total. The van der Waals surface area contributed by atoms with Gasteiger partial charge < -0.3 is 0 Å². The van der Waals surface area contributed by atoms with E-state index in [1.165, 1.54) is 0 Å². The molecule has 0 saturated carbocycles. The van der Waals surface area contributed by atoms with Crippen LogP contribution in [0.25, 0.3) is 0 Å². The molecule has 2 aliphatic heterocycles. The van der Waals surface area contributed by atoms with Gasteiger partial charge in [-0.1, -0.05) is 70.5 Å². The molecule has 6 heteroatoms. The lowest BCUT2D eigenvalue weighted by atomic mass is 9.58. The highest BCUT2D eigenvalue weighted by Gasteiger charge is 2.76. The third-order valence-corrected chi connectivity index (χ3v) is 9.40. The molecule has 1 saturated heterocycles. The number of nitrogens with zero attached hydrogens (tertiary/aromatic N) is 1. The number of ketones is 3. The lowest BCUT2D eigenvalue weighted by Crippen LogP contribution is -2.66. The smallest absolute Gasteiger partial charge is 0.192 e. The van der Waals surface area contributed by atoms with Crippen LogP contribution in [0.4, 0.5) is 0 Å². The largest absolute Gasteiger partial charge is 0.293 e. The Morgan fingerprint density at radius 1 is 0.818 bits per heavy atom. The SMILES string of the molecule is CN1C[C@@H](c2ccc(Br)cc2)[C@@]2(CSc3ccccc3C2=O)C12C(=O)c1ccccc1C2=O. The van der Waals surface area contributed by atoms with Crippen LogP contribution in [0.1, 0.15) is 42.6 Å². The summed E-state index contributed by atoms with van der Waals surface area (Å²) >= 11 is 5.07. The van der Waals surface area contributed by atoms with Crippen molar-refractivity contribution in [1.82, 2.24) is 4.90 Å². The van der Waals surface area contributed by atoms with E-state index in [-0.39, 0.29) is 23.3 Å². The van der Waals surface area contributed by atoms with Crippen molar-refractivity contribution in [3.8, 4) is 0 Å². The van der Waals surface area contributed by atoms with Crippen molar-refractivity contribution in [1.29, 1.82) is 0 Å². The molecule has 0 bridgehead atoms. The van der Waals surface area contributed by atoms with E-state index in [4.69, 9.17) is 0 Å². The van der Waals surface area contributed by atoms with Gasteiger partial charge in [0.05, 0.1) is 5.41 Å². The Balaban J connectivity index is 1.65. The maximum absolute atomic E-state index is 14.5. The van der Waals surface area contributed by atoms with Crippen molar-refractivity contribution in [2.75, 3.05) is 19.3 Å². The first-order valence-corrected chi connectivity index (χ1v) is 12.6. The maximum atomic E-state index is 14.5. The van der Waals surface area contributed by atoms with Crippen LogP contribution in [0.2, 0.25) is 0 Å². The van der Waals surface area contributed by atoms with Crippen LogP contribution in [0, 0.1) is 5.41 Å². The molecule has 0 radical (unpaired) electrons. The van der Waals surface area contributed by atoms with Crippen LogP contribution >= 0.6 is 27.7 Å². The Bertz CT molecular complexity index is 1320. The number of thioether (sulfide) groups is 1. The van der Waals surface area contributed by atoms with E-state index in [0.29, 0.717) is 29.0 Å². The second-order valence-corrected chi connectivity index (χ2v) is 10.9. The Morgan fingerprint density at radius 2 is 1.39 bits per heavy atom. The minimum Gasteiger partial charge on any atom is -0.293 e. The topological polar surface area (TPSA) is 54.5 Å². The highest BCUT2D eigenvalue weighted by Crippen LogP contribution is 2.63. The number of halogens is 1. The zero-order valence-corrected chi connectivity index (χ0v) is 20.3. The molecule has 0 unspecified atom stereocenters. The molecule has 164 valence electrons. The van der Waals surface area contributed by atoms with Crippen molar-refractivity contribution in [3.63, 3.8) is 0 Å². The third-order valence-electron chi connectivity index (χ3n) is 7.61. The summed E-state index contributed by atoms with van der Waals surface area (Å²) in [5.41, 5.74) is -0.356. The van der Waals surface area contributed by atoms with Crippen LogP contribution in [-0.4, -0.2) is 47.1 Å². The number of hydrogen-bond donors (Lipinski definition) is 0. The van der Waals surface area contributed by atoms with E-state index in [2.05, 4.69) is 15.9 Å². The maximum Gasteiger partial charge on any atom is 0.192 e. The summed E-state index contributed by atoms with van der Waals surface area (Å²) in [5, 5.41) is 0. The van der Waals surface area contributed by atoms with Gasteiger partial charge in [-0.2, -0.15) is 0 Å². The zero-order chi connectivity index (χ0) is 23.0. The molecule has 0 aromatic heterocycles. The lowest BCUT2D eigenvalue weighted by molar-refractivity contribution is 0.0361. The number of carbonyl (C=O) groups is 3. The number of benzene rings is 3. The Hall–Kier alpha value is -2.54. The number of fused-ring (bicyclic) bond motifs is 3. The van der Waals surface area contributed by atoms with Gasteiger partial charge in [0.2, 0.25) is 0 Å². The monoisotopic (exact) mass is 517 g/mol. The predicted molar refractivity (Wildman–Crippen MR) is 131 cm³/mol. The molecule has 1 aliphatic carbocycles. The van der Waals surface area contributed by atoms with Gasteiger partial charge in [0, 0.05) is 44.3 Å². The fraction of sp³-hybridized carbons (Fsp3) is 0.222. The van der Waals surface area contributed by atoms with Gasteiger partial charge in [-0.3, -0.25) is 19.3 Å². The number of hydrogen-bond acceptors (Lipinski definition) is 5.